The van der Waals surface area contributed by atoms with Crippen LogP contribution in [0.25, 0.3) is 0 Å². The maximum Gasteiger partial charge on any atom is 0.277 e. The maximum atomic E-state index is 12.8. The van der Waals surface area contributed by atoms with E-state index < -0.39 is 0 Å². The molecule has 1 aliphatic carbocycles. The average Bonchev–Trinajstić information content (AvgIpc) is 3.21. The van der Waals surface area contributed by atoms with Gasteiger partial charge < -0.3 is 9.73 Å². The molecule has 0 bridgehead atoms. The molecule has 2 heterocycles. The van der Waals surface area contributed by atoms with Crippen LogP contribution < -0.4 is 5.32 Å². The normalized spacial score (nSPS) is 17.2. The van der Waals surface area contributed by atoms with Crippen LogP contribution in [0.4, 0.5) is 0 Å². The monoisotopic (exact) mass is 378 g/mol. The molecule has 1 fully saturated rings. The average molecular weight is 379 g/mol. The van der Waals surface area contributed by atoms with Crippen LogP contribution in [-0.4, -0.2) is 42.2 Å². The van der Waals surface area contributed by atoms with Crippen molar-refractivity contribution in [1.29, 1.82) is 0 Å². The molecule has 1 saturated carbocycles. The standard InChI is InChI=1S/C17H26N6O2S/c1-12(2)15(16(24)20-13-7-5-3-4-6-8-13)26-17-22-21-14(25-17)9-23-11-18-10-19-23/h10-13,15H,3-9H2,1-2H3,(H,20,24). The second-order valence-corrected chi connectivity index (χ2v) is 8.13. The van der Waals surface area contributed by atoms with E-state index >= 15 is 0 Å². The fourth-order valence-electron chi connectivity index (χ4n) is 3.11. The molecule has 1 atom stereocenters. The molecule has 0 aromatic carbocycles. The van der Waals surface area contributed by atoms with Gasteiger partial charge in [0.2, 0.25) is 11.8 Å². The number of hydrogen-bond acceptors (Lipinski definition) is 7. The summed E-state index contributed by atoms with van der Waals surface area (Å²) in [5.74, 6) is 0.675. The summed E-state index contributed by atoms with van der Waals surface area (Å²) in [7, 11) is 0. The van der Waals surface area contributed by atoms with E-state index in [0.29, 0.717) is 17.7 Å². The van der Waals surface area contributed by atoms with Crippen molar-refractivity contribution in [2.75, 3.05) is 0 Å². The van der Waals surface area contributed by atoms with E-state index in [2.05, 4.69) is 25.6 Å². The van der Waals surface area contributed by atoms with E-state index in [-0.39, 0.29) is 23.1 Å². The third-order valence-electron chi connectivity index (χ3n) is 4.51. The molecule has 1 amide bonds. The number of amides is 1. The summed E-state index contributed by atoms with van der Waals surface area (Å²) in [6.07, 6.45) is 10.1. The topological polar surface area (TPSA) is 98.7 Å². The number of nitrogens with zero attached hydrogens (tertiary/aromatic N) is 5. The highest BCUT2D eigenvalue weighted by molar-refractivity contribution is 8.00. The summed E-state index contributed by atoms with van der Waals surface area (Å²) in [5, 5.41) is 15.5. The van der Waals surface area contributed by atoms with Crippen LogP contribution in [0.3, 0.4) is 0 Å². The van der Waals surface area contributed by atoms with Gasteiger partial charge in [0.05, 0.1) is 5.25 Å². The molecule has 142 valence electrons. The van der Waals surface area contributed by atoms with E-state index in [4.69, 9.17) is 4.42 Å². The van der Waals surface area contributed by atoms with E-state index in [0.717, 1.165) is 12.8 Å². The lowest BCUT2D eigenvalue weighted by molar-refractivity contribution is -0.122. The number of nitrogens with one attached hydrogen (secondary N) is 1. The van der Waals surface area contributed by atoms with Crippen molar-refractivity contribution in [2.24, 2.45) is 5.92 Å². The zero-order valence-corrected chi connectivity index (χ0v) is 16.1. The van der Waals surface area contributed by atoms with Crippen LogP contribution in [0.5, 0.6) is 0 Å². The zero-order chi connectivity index (χ0) is 18.4. The third-order valence-corrected chi connectivity index (χ3v) is 5.88. The van der Waals surface area contributed by atoms with Gasteiger partial charge in [-0.1, -0.05) is 51.3 Å². The molecular weight excluding hydrogens is 352 g/mol. The first-order valence-electron chi connectivity index (χ1n) is 9.23. The Morgan fingerprint density at radius 2 is 2.08 bits per heavy atom. The van der Waals surface area contributed by atoms with Gasteiger partial charge in [-0.3, -0.25) is 4.79 Å². The summed E-state index contributed by atoms with van der Waals surface area (Å²) in [5.41, 5.74) is 0. The molecule has 0 spiro atoms. The third kappa shape index (κ3) is 5.30. The zero-order valence-electron chi connectivity index (χ0n) is 15.3. The fourth-order valence-corrected chi connectivity index (χ4v) is 4.01. The number of thioether (sulfide) groups is 1. The number of carbonyl (C=O) groups excluding carboxylic acids is 1. The van der Waals surface area contributed by atoms with E-state index in [9.17, 15) is 4.79 Å². The molecule has 1 unspecified atom stereocenters. The second kappa shape index (κ2) is 9.16. The number of carbonyl (C=O) groups is 1. The molecular formula is C17H26N6O2S. The van der Waals surface area contributed by atoms with Gasteiger partial charge in [-0.2, -0.15) is 5.10 Å². The molecule has 0 aliphatic heterocycles. The molecule has 0 radical (unpaired) electrons. The summed E-state index contributed by atoms with van der Waals surface area (Å²) >= 11 is 1.33. The van der Waals surface area contributed by atoms with E-state index in [1.165, 1.54) is 43.8 Å². The van der Waals surface area contributed by atoms with Gasteiger partial charge in [0.25, 0.3) is 5.22 Å². The lowest BCUT2D eigenvalue weighted by atomic mass is 10.1. The Balaban J connectivity index is 1.59. The Morgan fingerprint density at radius 1 is 1.31 bits per heavy atom. The lowest BCUT2D eigenvalue weighted by Crippen LogP contribution is -2.41. The quantitative estimate of drug-likeness (QED) is 0.584. The minimum Gasteiger partial charge on any atom is -0.414 e. The predicted molar refractivity (Wildman–Crippen MR) is 97.5 cm³/mol. The first-order chi connectivity index (χ1) is 12.6. The molecule has 1 N–H and O–H groups in total. The first-order valence-corrected chi connectivity index (χ1v) is 10.1. The van der Waals surface area contributed by atoms with Crippen LogP contribution in [-0.2, 0) is 11.3 Å². The molecule has 2 aromatic heterocycles. The van der Waals surface area contributed by atoms with Crippen molar-refractivity contribution in [2.45, 2.75) is 75.4 Å². The molecule has 26 heavy (non-hydrogen) atoms. The SMILES string of the molecule is CC(C)C(Sc1nnc(Cn2cncn2)o1)C(=O)NC1CCCCCC1. The Bertz CT molecular complexity index is 679. The van der Waals surface area contributed by atoms with Crippen molar-refractivity contribution in [3.63, 3.8) is 0 Å². The Morgan fingerprint density at radius 3 is 2.73 bits per heavy atom. The van der Waals surface area contributed by atoms with E-state index in [1.54, 1.807) is 11.0 Å². The molecule has 9 heteroatoms. The minimum absolute atomic E-state index is 0.0629. The van der Waals surface area contributed by atoms with Crippen LogP contribution in [0.1, 0.15) is 58.3 Å². The first kappa shape index (κ1) is 18.9. The largest absolute Gasteiger partial charge is 0.414 e. The summed E-state index contributed by atoms with van der Waals surface area (Å²) in [6, 6.07) is 0.289. The van der Waals surface area contributed by atoms with Crippen molar-refractivity contribution in [3.05, 3.63) is 18.5 Å². The molecule has 3 rings (SSSR count). The van der Waals surface area contributed by atoms with Gasteiger partial charge in [0.15, 0.2) is 0 Å². The number of rotatable bonds is 7. The van der Waals surface area contributed by atoms with Crippen LogP contribution in [0.15, 0.2) is 22.3 Å². The molecule has 8 nitrogen and oxygen atoms in total. The Labute approximate surface area is 157 Å². The predicted octanol–water partition coefficient (Wildman–Crippen LogP) is 2.67. The molecule has 2 aromatic rings. The number of aromatic nitrogens is 5. The molecule has 1 aliphatic rings. The van der Waals surface area contributed by atoms with Crippen molar-refractivity contribution < 1.29 is 9.21 Å². The maximum absolute atomic E-state index is 12.8. The van der Waals surface area contributed by atoms with Crippen molar-refractivity contribution in [1.82, 2.24) is 30.3 Å². The fraction of sp³-hybridized carbons (Fsp3) is 0.706. The van der Waals surface area contributed by atoms with Gasteiger partial charge in [-0.05, 0) is 18.8 Å². The minimum atomic E-state index is -0.252. The van der Waals surface area contributed by atoms with Gasteiger partial charge in [0, 0.05) is 6.04 Å². The summed E-state index contributed by atoms with van der Waals surface area (Å²) in [6.45, 7) is 4.45. The Hall–Kier alpha value is -1.90. The summed E-state index contributed by atoms with van der Waals surface area (Å²) in [4.78, 5) is 16.7. The number of hydrogen-bond donors (Lipinski definition) is 1. The van der Waals surface area contributed by atoms with Crippen LogP contribution in [0, 0.1) is 5.92 Å². The van der Waals surface area contributed by atoms with Crippen LogP contribution >= 0.6 is 11.8 Å². The second-order valence-electron chi connectivity index (χ2n) is 7.03. The highest BCUT2D eigenvalue weighted by Crippen LogP contribution is 2.28. The van der Waals surface area contributed by atoms with E-state index in [1.807, 2.05) is 13.8 Å². The van der Waals surface area contributed by atoms with Gasteiger partial charge in [-0.25, -0.2) is 9.67 Å². The van der Waals surface area contributed by atoms with Crippen molar-refractivity contribution >= 4 is 17.7 Å². The molecule has 0 saturated heterocycles. The Kier molecular flexibility index (Phi) is 6.65. The van der Waals surface area contributed by atoms with Gasteiger partial charge >= 0.3 is 0 Å². The smallest absolute Gasteiger partial charge is 0.277 e. The highest BCUT2D eigenvalue weighted by atomic mass is 32.2. The van der Waals surface area contributed by atoms with Gasteiger partial charge in [0.1, 0.15) is 19.2 Å². The van der Waals surface area contributed by atoms with Crippen molar-refractivity contribution in [3.8, 4) is 0 Å². The van der Waals surface area contributed by atoms with Crippen LogP contribution in [0.2, 0.25) is 0 Å². The van der Waals surface area contributed by atoms with Gasteiger partial charge in [-0.15, -0.1) is 10.2 Å². The summed E-state index contributed by atoms with van der Waals surface area (Å²) < 4.78 is 7.28. The highest BCUT2D eigenvalue weighted by Gasteiger charge is 2.28. The lowest BCUT2D eigenvalue weighted by Gasteiger charge is -2.22.